The molecule has 22 heavy (non-hydrogen) atoms. The van der Waals surface area contributed by atoms with Crippen LogP contribution in [0.5, 0.6) is 0 Å². The van der Waals surface area contributed by atoms with Gasteiger partial charge in [0.2, 0.25) is 11.8 Å². The van der Waals surface area contributed by atoms with Gasteiger partial charge in [-0.3, -0.25) is 9.59 Å². The maximum atomic E-state index is 11.9. The SMILES string of the molecule is CCCCCCCC(=O)Nc1cccc(NC(=O)C(C)C)c1. The Hall–Kier alpha value is -1.84. The fourth-order valence-electron chi connectivity index (χ4n) is 2.07. The van der Waals surface area contributed by atoms with Crippen LogP contribution in [0, 0.1) is 5.92 Å². The monoisotopic (exact) mass is 304 g/mol. The van der Waals surface area contributed by atoms with E-state index in [1.165, 1.54) is 19.3 Å². The van der Waals surface area contributed by atoms with Gasteiger partial charge in [-0.15, -0.1) is 0 Å². The summed E-state index contributed by atoms with van der Waals surface area (Å²) in [6, 6.07) is 7.27. The van der Waals surface area contributed by atoms with Crippen LogP contribution in [0.2, 0.25) is 0 Å². The van der Waals surface area contributed by atoms with Crippen LogP contribution in [0.1, 0.15) is 59.3 Å². The number of nitrogens with one attached hydrogen (secondary N) is 2. The lowest BCUT2D eigenvalue weighted by atomic mass is 10.1. The third kappa shape index (κ3) is 7.25. The van der Waals surface area contributed by atoms with Crippen molar-refractivity contribution in [2.45, 2.75) is 59.3 Å². The topological polar surface area (TPSA) is 58.2 Å². The molecule has 1 aromatic carbocycles. The summed E-state index contributed by atoms with van der Waals surface area (Å²) in [5.41, 5.74) is 1.43. The van der Waals surface area contributed by atoms with Gasteiger partial charge in [0.05, 0.1) is 0 Å². The van der Waals surface area contributed by atoms with E-state index < -0.39 is 0 Å². The molecule has 122 valence electrons. The van der Waals surface area contributed by atoms with E-state index in [0.717, 1.165) is 18.5 Å². The fourth-order valence-corrected chi connectivity index (χ4v) is 2.07. The molecule has 0 saturated heterocycles. The standard InChI is InChI=1S/C18H28N2O2/c1-4-5-6-7-8-12-17(21)19-15-10-9-11-16(13-15)20-18(22)14(2)3/h9-11,13-14H,4-8,12H2,1-3H3,(H,19,21)(H,20,22). The summed E-state index contributed by atoms with van der Waals surface area (Å²) in [5, 5.41) is 5.72. The van der Waals surface area contributed by atoms with E-state index in [-0.39, 0.29) is 17.7 Å². The molecule has 0 unspecified atom stereocenters. The predicted octanol–water partition coefficient (Wildman–Crippen LogP) is 4.58. The van der Waals surface area contributed by atoms with Crippen molar-refractivity contribution in [3.8, 4) is 0 Å². The number of carbonyl (C=O) groups excluding carboxylic acids is 2. The van der Waals surface area contributed by atoms with Gasteiger partial charge in [0.15, 0.2) is 0 Å². The molecule has 0 aliphatic heterocycles. The van der Waals surface area contributed by atoms with E-state index >= 15 is 0 Å². The molecule has 0 atom stereocenters. The molecule has 0 saturated carbocycles. The van der Waals surface area contributed by atoms with Crippen LogP contribution in [0.15, 0.2) is 24.3 Å². The van der Waals surface area contributed by atoms with E-state index in [1.54, 1.807) is 6.07 Å². The Kier molecular flexibility index (Phi) is 8.26. The Morgan fingerprint density at radius 1 is 1.00 bits per heavy atom. The second-order valence-corrected chi connectivity index (χ2v) is 5.94. The highest BCUT2D eigenvalue weighted by Crippen LogP contribution is 2.16. The Morgan fingerprint density at radius 2 is 1.64 bits per heavy atom. The summed E-state index contributed by atoms with van der Waals surface area (Å²) >= 11 is 0. The van der Waals surface area contributed by atoms with Gasteiger partial charge in [-0.2, -0.15) is 0 Å². The zero-order valence-corrected chi connectivity index (χ0v) is 13.9. The third-order valence-electron chi connectivity index (χ3n) is 3.45. The largest absolute Gasteiger partial charge is 0.326 e. The molecule has 1 rings (SSSR count). The molecular weight excluding hydrogens is 276 g/mol. The van der Waals surface area contributed by atoms with E-state index in [4.69, 9.17) is 0 Å². The molecule has 0 radical (unpaired) electrons. The zero-order valence-electron chi connectivity index (χ0n) is 13.9. The molecule has 2 amide bonds. The molecule has 0 aromatic heterocycles. The van der Waals surface area contributed by atoms with Crippen LogP contribution in [-0.2, 0) is 9.59 Å². The Morgan fingerprint density at radius 3 is 2.27 bits per heavy atom. The number of unbranched alkanes of at least 4 members (excludes halogenated alkanes) is 4. The number of anilines is 2. The summed E-state index contributed by atoms with van der Waals surface area (Å²) in [7, 11) is 0. The first-order valence-corrected chi connectivity index (χ1v) is 8.23. The van der Waals surface area contributed by atoms with Crippen LogP contribution >= 0.6 is 0 Å². The summed E-state index contributed by atoms with van der Waals surface area (Å²) < 4.78 is 0. The molecule has 0 spiro atoms. The minimum atomic E-state index is -0.0682. The second kappa shape index (κ2) is 9.98. The van der Waals surface area contributed by atoms with Crippen LogP contribution in [0.3, 0.4) is 0 Å². The van der Waals surface area contributed by atoms with Crippen molar-refractivity contribution < 1.29 is 9.59 Å². The number of carbonyl (C=O) groups is 2. The van der Waals surface area contributed by atoms with Crippen molar-refractivity contribution in [1.29, 1.82) is 0 Å². The highest BCUT2D eigenvalue weighted by Gasteiger charge is 2.08. The van der Waals surface area contributed by atoms with Gasteiger partial charge in [0.1, 0.15) is 0 Å². The van der Waals surface area contributed by atoms with E-state index in [1.807, 2.05) is 32.0 Å². The first-order valence-electron chi connectivity index (χ1n) is 8.23. The van der Waals surface area contributed by atoms with Crippen molar-refractivity contribution in [2.24, 2.45) is 5.92 Å². The Balaban J connectivity index is 2.42. The minimum Gasteiger partial charge on any atom is -0.326 e. The average molecular weight is 304 g/mol. The first kappa shape index (κ1) is 18.2. The number of amides is 2. The Bertz CT molecular complexity index is 484. The molecule has 0 heterocycles. The van der Waals surface area contributed by atoms with Crippen molar-refractivity contribution in [1.82, 2.24) is 0 Å². The van der Waals surface area contributed by atoms with Crippen molar-refractivity contribution in [2.75, 3.05) is 10.6 Å². The van der Waals surface area contributed by atoms with Crippen LogP contribution in [0.25, 0.3) is 0 Å². The van der Waals surface area contributed by atoms with Gasteiger partial charge in [0, 0.05) is 23.7 Å². The number of rotatable bonds is 9. The quantitative estimate of drug-likeness (QED) is 0.656. The smallest absolute Gasteiger partial charge is 0.226 e. The maximum Gasteiger partial charge on any atom is 0.226 e. The summed E-state index contributed by atoms with van der Waals surface area (Å²) in [4.78, 5) is 23.6. The summed E-state index contributed by atoms with van der Waals surface area (Å²) in [5.74, 6) is -0.0652. The van der Waals surface area contributed by atoms with E-state index in [0.29, 0.717) is 12.1 Å². The van der Waals surface area contributed by atoms with Gasteiger partial charge < -0.3 is 10.6 Å². The van der Waals surface area contributed by atoms with Crippen LogP contribution in [0.4, 0.5) is 11.4 Å². The average Bonchev–Trinajstić information content (AvgIpc) is 2.47. The van der Waals surface area contributed by atoms with Gasteiger partial charge >= 0.3 is 0 Å². The highest BCUT2D eigenvalue weighted by atomic mass is 16.2. The summed E-state index contributed by atoms with van der Waals surface area (Å²) in [6.07, 6.45) is 6.22. The Labute approximate surface area is 133 Å². The summed E-state index contributed by atoms with van der Waals surface area (Å²) in [6.45, 7) is 5.87. The van der Waals surface area contributed by atoms with Gasteiger partial charge in [-0.05, 0) is 24.6 Å². The molecule has 4 nitrogen and oxygen atoms in total. The molecule has 0 fully saturated rings. The van der Waals surface area contributed by atoms with Crippen molar-refractivity contribution in [3.63, 3.8) is 0 Å². The minimum absolute atomic E-state index is 0.0283. The lowest BCUT2D eigenvalue weighted by Crippen LogP contribution is -2.18. The zero-order chi connectivity index (χ0) is 16.4. The second-order valence-electron chi connectivity index (χ2n) is 5.94. The molecule has 0 aliphatic rings. The molecular formula is C18H28N2O2. The molecule has 0 aliphatic carbocycles. The number of hydrogen-bond acceptors (Lipinski definition) is 2. The van der Waals surface area contributed by atoms with Gasteiger partial charge in [-0.25, -0.2) is 0 Å². The normalized spacial score (nSPS) is 10.5. The fraction of sp³-hybridized carbons (Fsp3) is 0.556. The van der Waals surface area contributed by atoms with Crippen molar-refractivity contribution in [3.05, 3.63) is 24.3 Å². The molecule has 4 heteroatoms. The molecule has 1 aromatic rings. The molecule has 0 bridgehead atoms. The van der Waals surface area contributed by atoms with Crippen molar-refractivity contribution >= 4 is 23.2 Å². The highest BCUT2D eigenvalue weighted by molar-refractivity contribution is 5.94. The molecule has 2 N–H and O–H groups in total. The third-order valence-corrected chi connectivity index (χ3v) is 3.45. The van der Waals surface area contributed by atoms with Gasteiger partial charge in [-0.1, -0.05) is 52.5 Å². The first-order chi connectivity index (χ1) is 10.5. The lowest BCUT2D eigenvalue weighted by molar-refractivity contribution is -0.119. The maximum absolute atomic E-state index is 11.9. The van der Waals surface area contributed by atoms with Crippen LogP contribution < -0.4 is 10.6 Å². The number of hydrogen-bond donors (Lipinski definition) is 2. The van der Waals surface area contributed by atoms with Crippen LogP contribution in [-0.4, -0.2) is 11.8 Å². The van der Waals surface area contributed by atoms with E-state index in [9.17, 15) is 9.59 Å². The van der Waals surface area contributed by atoms with E-state index in [2.05, 4.69) is 17.6 Å². The number of benzene rings is 1. The van der Waals surface area contributed by atoms with Gasteiger partial charge in [0.25, 0.3) is 0 Å². The lowest BCUT2D eigenvalue weighted by Gasteiger charge is -2.10. The predicted molar refractivity (Wildman–Crippen MR) is 91.9 cm³/mol.